The van der Waals surface area contributed by atoms with Gasteiger partial charge in [0.1, 0.15) is 0 Å². The average Bonchev–Trinajstić information content (AvgIpc) is 2.29. The molecule has 3 heteroatoms. The molecule has 0 atom stereocenters. The lowest BCUT2D eigenvalue weighted by atomic mass is 9.74. The summed E-state index contributed by atoms with van der Waals surface area (Å²) in [6, 6.07) is 10.5. The van der Waals surface area contributed by atoms with E-state index in [-0.39, 0.29) is 5.41 Å². The van der Waals surface area contributed by atoms with Crippen molar-refractivity contribution in [2.75, 3.05) is 5.32 Å². The lowest BCUT2D eigenvalue weighted by molar-refractivity contribution is 0.637. The van der Waals surface area contributed by atoms with Gasteiger partial charge in [-0.3, -0.25) is 0 Å². The van der Waals surface area contributed by atoms with Crippen LogP contribution in [0.2, 0.25) is 5.02 Å². The van der Waals surface area contributed by atoms with Crippen LogP contribution in [0.3, 0.4) is 0 Å². The van der Waals surface area contributed by atoms with Crippen molar-refractivity contribution in [3.63, 3.8) is 0 Å². The van der Waals surface area contributed by atoms with E-state index in [1.54, 1.807) is 0 Å². The van der Waals surface area contributed by atoms with Gasteiger partial charge in [0.25, 0.3) is 0 Å². The molecule has 2 aromatic rings. The van der Waals surface area contributed by atoms with Gasteiger partial charge in [-0.25, -0.2) is 0 Å². The Bertz CT molecular complexity index is 677. The third-order valence-corrected chi connectivity index (χ3v) is 4.58. The van der Waals surface area contributed by atoms with E-state index in [1.807, 2.05) is 6.07 Å². The zero-order valence-electron chi connectivity index (χ0n) is 11.1. The van der Waals surface area contributed by atoms with Gasteiger partial charge < -0.3 is 5.32 Å². The van der Waals surface area contributed by atoms with Crippen LogP contribution < -0.4 is 5.32 Å². The Morgan fingerprint density at radius 2 is 1.84 bits per heavy atom. The molecule has 0 saturated heterocycles. The highest BCUT2D eigenvalue weighted by Gasteiger charge is 2.34. The number of hydrogen-bond acceptors (Lipinski definition) is 1. The van der Waals surface area contributed by atoms with Crippen molar-refractivity contribution < 1.29 is 0 Å². The van der Waals surface area contributed by atoms with E-state index in [0.29, 0.717) is 0 Å². The predicted octanol–water partition coefficient (Wildman–Crippen LogP) is 5.79. The van der Waals surface area contributed by atoms with Crippen LogP contribution in [0.1, 0.15) is 30.5 Å². The van der Waals surface area contributed by atoms with Crippen LogP contribution in [0.5, 0.6) is 0 Å². The molecule has 0 saturated carbocycles. The summed E-state index contributed by atoms with van der Waals surface area (Å²) in [4.78, 5) is 0. The van der Waals surface area contributed by atoms with Gasteiger partial charge in [-0.15, -0.1) is 0 Å². The summed E-state index contributed by atoms with van der Waals surface area (Å²) in [6.45, 7) is 6.51. The minimum atomic E-state index is -0.107. The number of anilines is 2. The molecule has 98 valence electrons. The zero-order valence-corrected chi connectivity index (χ0v) is 13.5. The highest BCUT2D eigenvalue weighted by molar-refractivity contribution is 9.10. The molecule has 0 radical (unpaired) electrons. The molecule has 1 aliphatic heterocycles. The van der Waals surface area contributed by atoms with E-state index in [1.165, 1.54) is 16.7 Å². The molecule has 0 spiro atoms. The SMILES string of the molecule is Cc1cc(Cl)c2c(c1)Nc1ccc(Br)cc1C2(C)C. The molecular formula is C16H15BrClN. The normalized spacial score (nSPS) is 15.4. The number of fused-ring (bicyclic) bond motifs is 2. The van der Waals surface area contributed by atoms with Crippen LogP contribution in [0.25, 0.3) is 0 Å². The minimum absolute atomic E-state index is 0.107. The van der Waals surface area contributed by atoms with Gasteiger partial charge in [-0.2, -0.15) is 0 Å². The number of nitrogens with one attached hydrogen (secondary N) is 1. The van der Waals surface area contributed by atoms with Crippen molar-refractivity contribution in [2.24, 2.45) is 0 Å². The molecule has 1 heterocycles. The summed E-state index contributed by atoms with van der Waals surface area (Å²) in [6.07, 6.45) is 0. The van der Waals surface area contributed by atoms with Crippen molar-refractivity contribution in [3.8, 4) is 0 Å². The maximum absolute atomic E-state index is 6.49. The van der Waals surface area contributed by atoms with Crippen molar-refractivity contribution in [1.82, 2.24) is 0 Å². The summed E-state index contributed by atoms with van der Waals surface area (Å²) in [7, 11) is 0. The molecule has 0 aromatic heterocycles. The molecule has 2 aromatic carbocycles. The predicted molar refractivity (Wildman–Crippen MR) is 85.7 cm³/mol. The number of halogens is 2. The van der Waals surface area contributed by atoms with Gasteiger partial charge in [0.2, 0.25) is 0 Å². The number of hydrogen-bond donors (Lipinski definition) is 1. The smallest absolute Gasteiger partial charge is 0.0470 e. The van der Waals surface area contributed by atoms with Crippen molar-refractivity contribution in [1.29, 1.82) is 0 Å². The monoisotopic (exact) mass is 335 g/mol. The number of benzene rings is 2. The van der Waals surface area contributed by atoms with E-state index in [4.69, 9.17) is 11.6 Å². The Hall–Kier alpha value is -0.990. The standard InChI is InChI=1S/C16H15BrClN/c1-9-6-12(18)15-14(7-9)19-13-5-4-10(17)8-11(13)16(15,2)3/h4-8,19H,1-3H3. The second kappa shape index (κ2) is 4.26. The Labute approximate surface area is 127 Å². The summed E-state index contributed by atoms with van der Waals surface area (Å²) in [5, 5.41) is 4.33. The number of rotatable bonds is 0. The third-order valence-electron chi connectivity index (χ3n) is 3.78. The first-order chi connectivity index (χ1) is 8.89. The first kappa shape index (κ1) is 13.0. The third kappa shape index (κ3) is 1.98. The number of aryl methyl sites for hydroxylation is 1. The van der Waals surface area contributed by atoms with Crippen LogP contribution in [0.4, 0.5) is 11.4 Å². The largest absolute Gasteiger partial charge is 0.355 e. The van der Waals surface area contributed by atoms with Crippen molar-refractivity contribution in [2.45, 2.75) is 26.2 Å². The molecule has 1 aliphatic rings. The molecular weight excluding hydrogens is 322 g/mol. The Balaban J connectivity index is 2.31. The van der Waals surface area contributed by atoms with E-state index in [2.05, 4.69) is 66.3 Å². The second-order valence-corrected chi connectivity index (χ2v) is 6.93. The van der Waals surface area contributed by atoms with Gasteiger partial charge in [0.05, 0.1) is 0 Å². The quantitative estimate of drug-likeness (QED) is 0.641. The second-order valence-electron chi connectivity index (χ2n) is 5.61. The molecule has 1 N–H and O–H groups in total. The minimum Gasteiger partial charge on any atom is -0.355 e. The van der Waals surface area contributed by atoms with Crippen LogP contribution in [-0.4, -0.2) is 0 Å². The van der Waals surface area contributed by atoms with Gasteiger partial charge in [-0.1, -0.05) is 41.4 Å². The van der Waals surface area contributed by atoms with Crippen LogP contribution in [0, 0.1) is 6.92 Å². The summed E-state index contributed by atoms with van der Waals surface area (Å²) in [5.41, 5.74) is 5.77. The fourth-order valence-corrected chi connectivity index (χ4v) is 3.77. The summed E-state index contributed by atoms with van der Waals surface area (Å²) in [5.74, 6) is 0. The first-order valence-electron chi connectivity index (χ1n) is 6.27. The molecule has 1 nitrogen and oxygen atoms in total. The average molecular weight is 337 g/mol. The highest BCUT2D eigenvalue weighted by Crippen LogP contribution is 2.48. The fraction of sp³-hybridized carbons (Fsp3) is 0.250. The summed E-state index contributed by atoms with van der Waals surface area (Å²) < 4.78 is 1.09. The van der Waals surface area contributed by atoms with Crippen molar-refractivity contribution in [3.05, 3.63) is 56.5 Å². The topological polar surface area (TPSA) is 12.0 Å². The van der Waals surface area contributed by atoms with Gasteiger partial charge in [-0.05, 0) is 48.4 Å². The van der Waals surface area contributed by atoms with E-state index in [9.17, 15) is 0 Å². The summed E-state index contributed by atoms with van der Waals surface area (Å²) >= 11 is 10.0. The van der Waals surface area contributed by atoms with E-state index >= 15 is 0 Å². The Kier molecular flexibility index (Phi) is 2.91. The lowest BCUT2D eigenvalue weighted by Crippen LogP contribution is -2.26. The molecule has 0 bridgehead atoms. The van der Waals surface area contributed by atoms with Gasteiger partial charge in [0, 0.05) is 31.8 Å². The maximum Gasteiger partial charge on any atom is 0.0470 e. The Morgan fingerprint density at radius 3 is 2.58 bits per heavy atom. The molecule has 3 rings (SSSR count). The zero-order chi connectivity index (χ0) is 13.8. The first-order valence-corrected chi connectivity index (χ1v) is 7.44. The van der Waals surface area contributed by atoms with Crippen LogP contribution in [0.15, 0.2) is 34.8 Å². The molecule has 19 heavy (non-hydrogen) atoms. The van der Waals surface area contributed by atoms with E-state index < -0.39 is 0 Å². The maximum atomic E-state index is 6.49. The molecule has 0 fully saturated rings. The van der Waals surface area contributed by atoms with Crippen LogP contribution >= 0.6 is 27.5 Å². The lowest BCUT2D eigenvalue weighted by Gasteiger charge is -2.36. The molecule has 0 unspecified atom stereocenters. The van der Waals surface area contributed by atoms with Gasteiger partial charge >= 0.3 is 0 Å². The molecule has 0 amide bonds. The van der Waals surface area contributed by atoms with Crippen LogP contribution in [-0.2, 0) is 5.41 Å². The van der Waals surface area contributed by atoms with Gasteiger partial charge in [0.15, 0.2) is 0 Å². The van der Waals surface area contributed by atoms with Crippen molar-refractivity contribution >= 4 is 38.9 Å². The highest BCUT2D eigenvalue weighted by atomic mass is 79.9. The Morgan fingerprint density at radius 1 is 1.11 bits per heavy atom. The fourth-order valence-electron chi connectivity index (χ4n) is 2.90. The van der Waals surface area contributed by atoms with E-state index in [0.717, 1.165) is 20.9 Å². The molecule has 0 aliphatic carbocycles.